The van der Waals surface area contributed by atoms with Crippen molar-refractivity contribution in [2.75, 3.05) is 27.4 Å². The molecule has 3 heteroatoms. The fourth-order valence-corrected chi connectivity index (χ4v) is 0.514. The normalized spacial score (nSPS) is 10.8. The maximum atomic E-state index is 5.11. The van der Waals surface area contributed by atoms with E-state index in [0.29, 0.717) is 13.2 Å². The summed E-state index contributed by atoms with van der Waals surface area (Å²) in [6, 6.07) is 0. The van der Waals surface area contributed by atoms with Gasteiger partial charge in [-0.1, -0.05) is 6.92 Å². The van der Waals surface area contributed by atoms with Crippen LogP contribution in [0, 0.1) is 6.92 Å². The lowest BCUT2D eigenvalue weighted by Gasteiger charge is -2.12. The fourth-order valence-electron chi connectivity index (χ4n) is 0.514. The molecule has 1 radical (unpaired) electrons. The van der Waals surface area contributed by atoms with Crippen molar-refractivity contribution in [2.45, 2.75) is 12.7 Å². The van der Waals surface area contributed by atoms with E-state index in [2.05, 4.69) is 6.92 Å². The van der Waals surface area contributed by atoms with Gasteiger partial charge in [-0.2, -0.15) is 0 Å². The van der Waals surface area contributed by atoms with Crippen molar-refractivity contribution in [2.24, 2.45) is 0 Å². The third-order valence-corrected chi connectivity index (χ3v) is 1.07. The molecule has 0 amide bonds. The molecule has 0 bridgehead atoms. The molecule has 0 aromatic carbocycles. The van der Waals surface area contributed by atoms with E-state index in [4.69, 9.17) is 14.2 Å². The van der Waals surface area contributed by atoms with Gasteiger partial charge in [-0.05, 0) is 6.42 Å². The SMILES string of the molecule is [CH2]CCOCC(OC)OC. The van der Waals surface area contributed by atoms with Crippen LogP contribution in [0.25, 0.3) is 0 Å². The molecule has 0 unspecified atom stereocenters. The van der Waals surface area contributed by atoms with Gasteiger partial charge in [0.2, 0.25) is 0 Å². The third-order valence-electron chi connectivity index (χ3n) is 1.07. The molecular formula is C7H15O3. The summed E-state index contributed by atoms with van der Waals surface area (Å²) in [4.78, 5) is 0. The largest absolute Gasteiger partial charge is 0.376 e. The lowest BCUT2D eigenvalue weighted by atomic mass is 10.5. The van der Waals surface area contributed by atoms with Crippen molar-refractivity contribution in [3.63, 3.8) is 0 Å². The zero-order valence-corrected chi connectivity index (χ0v) is 6.63. The first-order valence-electron chi connectivity index (χ1n) is 3.27. The molecule has 0 saturated carbocycles. The van der Waals surface area contributed by atoms with Crippen molar-refractivity contribution in [3.8, 4) is 0 Å². The summed E-state index contributed by atoms with van der Waals surface area (Å²) in [5, 5.41) is 0. The molecule has 0 aromatic heterocycles. The van der Waals surface area contributed by atoms with E-state index < -0.39 is 0 Å². The highest BCUT2D eigenvalue weighted by molar-refractivity contribution is 4.40. The zero-order chi connectivity index (χ0) is 7.82. The minimum Gasteiger partial charge on any atom is -0.376 e. The first-order valence-corrected chi connectivity index (χ1v) is 3.27. The number of hydrogen-bond donors (Lipinski definition) is 0. The molecule has 0 rings (SSSR count). The van der Waals surface area contributed by atoms with Gasteiger partial charge in [0.05, 0.1) is 6.61 Å². The van der Waals surface area contributed by atoms with E-state index in [1.165, 1.54) is 0 Å². The van der Waals surface area contributed by atoms with Crippen LogP contribution in [-0.4, -0.2) is 33.7 Å². The van der Waals surface area contributed by atoms with Crippen LogP contribution < -0.4 is 0 Å². The summed E-state index contributed by atoms with van der Waals surface area (Å²) in [6.07, 6.45) is 0.534. The first kappa shape index (κ1) is 9.88. The topological polar surface area (TPSA) is 27.7 Å². The lowest BCUT2D eigenvalue weighted by molar-refractivity contribution is -0.139. The Hall–Kier alpha value is -0.120. The molecule has 0 aliphatic heterocycles. The molecule has 0 N–H and O–H groups in total. The standard InChI is InChI=1S/C7H15O3/c1-4-5-10-6-7(8-2)9-3/h7H,1,4-6H2,2-3H3. The van der Waals surface area contributed by atoms with Crippen LogP contribution in [-0.2, 0) is 14.2 Å². The maximum absolute atomic E-state index is 5.11. The molecule has 10 heavy (non-hydrogen) atoms. The Morgan fingerprint density at radius 1 is 1.30 bits per heavy atom. The van der Waals surface area contributed by atoms with Gasteiger partial charge in [-0.3, -0.25) is 0 Å². The Labute approximate surface area is 62.3 Å². The Kier molecular flexibility index (Phi) is 6.91. The second kappa shape index (κ2) is 6.99. The molecule has 0 aliphatic carbocycles. The summed E-state index contributed by atoms with van der Waals surface area (Å²) in [5.41, 5.74) is 0. The quantitative estimate of drug-likeness (QED) is 0.411. The van der Waals surface area contributed by atoms with Crippen LogP contribution in [0.2, 0.25) is 0 Å². The van der Waals surface area contributed by atoms with E-state index in [1.807, 2.05) is 0 Å². The van der Waals surface area contributed by atoms with Crippen LogP contribution in [0.4, 0.5) is 0 Å². The monoisotopic (exact) mass is 147 g/mol. The van der Waals surface area contributed by atoms with Gasteiger partial charge in [0.15, 0.2) is 6.29 Å². The smallest absolute Gasteiger partial charge is 0.180 e. The highest BCUT2D eigenvalue weighted by Gasteiger charge is 2.02. The van der Waals surface area contributed by atoms with Crippen molar-refractivity contribution in [1.29, 1.82) is 0 Å². The molecule has 0 fully saturated rings. The van der Waals surface area contributed by atoms with Gasteiger partial charge in [-0.25, -0.2) is 0 Å². The van der Waals surface area contributed by atoms with Crippen molar-refractivity contribution in [1.82, 2.24) is 0 Å². The Balaban J connectivity index is 3.09. The summed E-state index contributed by atoms with van der Waals surface area (Å²) < 4.78 is 14.9. The maximum Gasteiger partial charge on any atom is 0.180 e. The Morgan fingerprint density at radius 2 is 1.90 bits per heavy atom. The Morgan fingerprint density at radius 3 is 2.30 bits per heavy atom. The molecule has 0 atom stereocenters. The highest BCUT2D eigenvalue weighted by atomic mass is 16.7. The molecule has 0 saturated heterocycles. The average Bonchev–Trinajstić information content (AvgIpc) is 1.99. The number of hydrogen-bond acceptors (Lipinski definition) is 3. The van der Waals surface area contributed by atoms with Gasteiger partial charge in [0, 0.05) is 20.8 Å². The summed E-state index contributed by atoms with van der Waals surface area (Å²) >= 11 is 0. The summed E-state index contributed by atoms with van der Waals surface area (Å²) in [5.74, 6) is 0. The molecule has 0 heterocycles. The van der Waals surface area contributed by atoms with Gasteiger partial charge in [0.1, 0.15) is 0 Å². The van der Waals surface area contributed by atoms with Gasteiger partial charge >= 0.3 is 0 Å². The van der Waals surface area contributed by atoms with Crippen LogP contribution in [0.1, 0.15) is 6.42 Å². The van der Waals surface area contributed by atoms with Crippen molar-refractivity contribution < 1.29 is 14.2 Å². The van der Waals surface area contributed by atoms with Crippen molar-refractivity contribution in [3.05, 3.63) is 6.92 Å². The van der Waals surface area contributed by atoms with Crippen LogP contribution in [0.15, 0.2) is 0 Å². The van der Waals surface area contributed by atoms with Crippen LogP contribution in [0.5, 0.6) is 0 Å². The average molecular weight is 147 g/mol. The zero-order valence-electron chi connectivity index (χ0n) is 6.63. The molecule has 0 aromatic rings. The van der Waals surface area contributed by atoms with Crippen LogP contribution >= 0.6 is 0 Å². The minimum absolute atomic E-state index is 0.244. The second-order valence-corrected chi connectivity index (χ2v) is 1.83. The van der Waals surface area contributed by atoms with E-state index in [1.54, 1.807) is 14.2 Å². The number of ether oxygens (including phenoxy) is 3. The van der Waals surface area contributed by atoms with Gasteiger partial charge in [-0.15, -0.1) is 0 Å². The van der Waals surface area contributed by atoms with Crippen LogP contribution in [0.3, 0.4) is 0 Å². The molecule has 0 aliphatic rings. The van der Waals surface area contributed by atoms with E-state index in [0.717, 1.165) is 6.42 Å². The van der Waals surface area contributed by atoms with Crippen molar-refractivity contribution >= 4 is 0 Å². The molecular weight excluding hydrogens is 132 g/mol. The summed E-state index contributed by atoms with van der Waals surface area (Å²) in [7, 11) is 3.17. The van der Waals surface area contributed by atoms with Gasteiger partial charge in [0.25, 0.3) is 0 Å². The fraction of sp³-hybridized carbons (Fsp3) is 0.857. The van der Waals surface area contributed by atoms with E-state index >= 15 is 0 Å². The third kappa shape index (κ3) is 4.73. The number of methoxy groups -OCH3 is 2. The highest BCUT2D eigenvalue weighted by Crippen LogP contribution is 1.91. The number of rotatable bonds is 6. The summed E-state index contributed by atoms with van der Waals surface area (Å²) in [6.45, 7) is 4.76. The second-order valence-electron chi connectivity index (χ2n) is 1.83. The first-order chi connectivity index (χ1) is 4.85. The minimum atomic E-state index is -0.244. The van der Waals surface area contributed by atoms with E-state index in [-0.39, 0.29) is 6.29 Å². The Bertz CT molecular complexity index is 61.9. The predicted octanol–water partition coefficient (Wildman–Crippen LogP) is 0.846. The molecule has 0 spiro atoms. The molecule has 61 valence electrons. The lowest BCUT2D eigenvalue weighted by Crippen LogP contribution is -2.20. The van der Waals surface area contributed by atoms with Gasteiger partial charge < -0.3 is 14.2 Å². The van der Waals surface area contributed by atoms with E-state index in [9.17, 15) is 0 Å². The molecule has 3 nitrogen and oxygen atoms in total. The predicted molar refractivity (Wildman–Crippen MR) is 38.6 cm³/mol.